The van der Waals surface area contributed by atoms with E-state index in [4.69, 9.17) is 13.9 Å². The number of benzene rings is 2. The van der Waals surface area contributed by atoms with Crippen LogP contribution in [0.3, 0.4) is 0 Å². The van der Waals surface area contributed by atoms with Gasteiger partial charge in [0.25, 0.3) is 0 Å². The molecule has 2 aromatic carbocycles. The molecule has 0 aliphatic carbocycles. The second-order valence-corrected chi connectivity index (χ2v) is 6.88. The highest BCUT2D eigenvalue weighted by molar-refractivity contribution is 6.07. The van der Waals surface area contributed by atoms with Gasteiger partial charge in [0.05, 0.1) is 24.5 Å². The molecule has 6 nitrogen and oxygen atoms in total. The van der Waals surface area contributed by atoms with Crippen molar-refractivity contribution in [3.05, 3.63) is 63.0 Å². The summed E-state index contributed by atoms with van der Waals surface area (Å²) in [6.07, 6.45) is 0.199. The number of aryl methyl sites for hydroxylation is 2. The molecule has 4 rings (SSSR count). The Balaban J connectivity index is 1.91. The molecule has 28 heavy (non-hydrogen) atoms. The maximum Gasteiger partial charge on any atom is 0.336 e. The molecule has 0 bridgehead atoms. The average Bonchev–Trinajstić information content (AvgIpc) is 2.66. The number of Topliss-reactive ketones (excluding diaryl/α,β-unsaturated/α-hetero) is 1. The molecule has 2 heterocycles. The Kier molecular flexibility index (Phi) is 4.34. The molecule has 3 aromatic rings. The third kappa shape index (κ3) is 2.81. The third-order valence-corrected chi connectivity index (χ3v) is 5.13. The minimum atomic E-state index is -0.557. The highest BCUT2D eigenvalue weighted by atomic mass is 16.5. The predicted molar refractivity (Wildman–Crippen MR) is 104 cm³/mol. The van der Waals surface area contributed by atoms with Crippen molar-refractivity contribution in [2.75, 3.05) is 7.11 Å². The first-order chi connectivity index (χ1) is 13.4. The lowest BCUT2D eigenvalue weighted by atomic mass is 9.90. The summed E-state index contributed by atoms with van der Waals surface area (Å²) in [5.41, 5.74) is 2.65. The van der Waals surface area contributed by atoms with Gasteiger partial charge in [0.2, 0.25) is 0 Å². The zero-order chi connectivity index (χ0) is 20.0. The Bertz CT molecular complexity index is 1160. The fraction of sp³-hybridized carbons (Fsp3) is 0.273. The number of rotatable bonds is 3. The van der Waals surface area contributed by atoms with Crippen LogP contribution in [0.15, 0.2) is 39.5 Å². The van der Waals surface area contributed by atoms with E-state index in [9.17, 15) is 14.7 Å². The fourth-order valence-corrected chi connectivity index (χ4v) is 3.78. The number of carbonyl (C=O) groups excluding carboxylic acids is 1. The van der Waals surface area contributed by atoms with E-state index in [2.05, 4.69) is 0 Å². The van der Waals surface area contributed by atoms with E-state index in [0.717, 1.165) is 5.56 Å². The van der Waals surface area contributed by atoms with Crippen LogP contribution in [0.5, 0.6) is 17.2 Å². The highest BCUT2D eigenvalue weighted by Gasteiger charge is 2.32. The molecule has 1 aliphatic rings. The van der Waals surface area contributed by atoms with Gasteiger partial charge in [-0.15, -0.1) is 0 Å². The van der Waals surface area contributed by atoms with Crippen LogP contribution in [0, 0.1) is 6.92 Å². The van der Waals surface area contributed by atoms with Gasteiger partial charge in [-0.1, -0.05) is 13.0 Å². The van der Waals surface area contributed by atoms with Crippen molar-refractivity contribution in [3.8, 4) is 17.2 Å². The number of carbonyl (C=O) groups is 1. The minimum absolute atomic E-state index is 0.0174. The molecule has 1 aromatic heterocycles. The zero-order valence-electron chi connectivity index (χ0n) is 15.9. The second kappa shape index (κ2) is 6.71. The molecule has 0 unspecified atom stereocenters. The predicted octanol–water partition coefficient (Wildman–Crippen LogP) is 4.08. The zero-order valence-corrected chi connectivity index (χ0v) is 15.9. The third-order valence-electron chi connectivity index (χ3n) is 5.13. The molecule has 144 valence electrons. The molecule has 0 amide bonds. The fourth-order valence-electron chi connectivity index (χ4n) is 3.78. The summed E-state index contributed by atoms with van der Waals surface area (Å²) >= 11 is 0. The van der Waals surface area contributed by atoms with E-state index in [-0.39, 0.29) is 18.0 Å². The number of hydrogen-bond acceptors (Lipinski definition) is 6. The van der Waals surface area contributed by atoms with E-state index >= 15 is 0 Å². The summed E-state index contributed by atoms with van der Waals surface area (Å²) in [6.45, 7) is 3.74. The van der Waals surface area contributed by atoms with Crippen LogP contribution in [0.1, 0.15) is 46.5 Å². The Morgan fingerprint density at radius 2 is 2.00 bits per heavy atom. The number of phenolic OH excluding ortho intramolecular Hbond substituents is 1. The first-order valence-electron chi connectivity index (χ1n) is 9.10. The monoisotopic (exact) mass is 380 g/mol. The van der Waals surface area contributed by atoms with Crippen LogP contribution in [0.4, 0.5) is 0 Å². The van der Waals surface area contributed by atoms with Crippen LogP contribution in [-0.2, 0) is 6.42 Å². The van der Waals surface area contributed by atoms with Gasteiger partial charge < -0.3 is 19.0 Å². The number of hydrogen-bond donors (Lipinski definition) is 1. The van der Waals surface area contributed by atoms with Crippen molar-refractivity contribution in [3.63, 3.8) is 0 Å². The Morgan fingerprint density at radius 3 is 2.68 bits per heavy atom. The molecule has 1 N–H and O–H groups in total. The van der Waals surface area contributed by atoms with Gasteiger partial charge in [0, 0.05) is 6.07 Å². The summed E-state index contributed by atoms with van der Waals surface area (Å²) in [6, 6.07) is 8.10. The average molecular weight is 380 g/mol. The van der Waals surface area contributed by atoms with Gasteiger partial charge in [0.15, 0.2) is 17.3 Å². The summed E-state index contributed by atoms with van der Waals surface area (Å²) in [5.74, 6) is 0.722. The SMILES string of the molecule is CCc1cc(=O)oc2cc(C)c3c(c12)O[C@H](c1ccc(OC)c(O)c1)CC3=O. The summed E-state index contributed by atoms with van der Waals surface area (Å²) in [4.78, 5) is 24.8. The lowest BCUT2D eigenvalue weighted by Crippen LogP contribution is -2.22. The van der Waals surface area contributed by atoms with E-state index in [0.29, 0.717) is 45.6 Å². The molecule has 0 fully saturated rings. The van der Waals surface area contributed by atoms with Crippen molar-refractivity contribution < 1.29 is 23.8 Å². The van der Waals surface area contributed by atoms with Crippen LogP contribution in [0.25, 0.3) is 11.0 Å². The van der Waals surface area contributed by atoms with Gasteiger partial charge in [-0.2, -0.15) is 0 Å². The van der Waals surface area contributed by atoms with E-state index < -0.39 is 11.7 Å². The van der Waals surface area contributed by atoms with Crippen LogP contribution < -0.4 is 15.1 Å². The van der Waals surface area contributed by atoms with Gasteiger partial charge in [-0.3, -0.25) is 4.79 Å². The quantitative estimate of drug-likeness (QED) is 0.689. The van der Waals surface area contributed by atoms with Gasteiger partial charge in [0.1, 0.15) is 17.4 Å². The van der Waals surface area contributed by atoms with E-state index in [1.165, 1.54) is 13.2 Å². The molecule has 1 atom stereocenters. The van der Waals surface area contributed by atoms with Crippen LogP contribution >= 0.6 is 0 Å². The molecule has 6 heteroatoms. The second-order valence-electron chi connectivity index (χ2n) is 6.88. The van der Waals surface area contributed by atoms with E-state index in [1.807, 2.05) is 6.92 Å². The number of phenols is 1. The van der Waals surface area contributed by atoms with Gasteiger partial charge >= 0.3 is 5.63 Å². The Hall–Kier alpha value is -3.28. The number of methoxy groups -OCH3 is 1. The number of ether oxygens (including phenoxy) is 2. The first-order valence-corrected chi connectivity index (χ1v) is 9.10. The maximum absolute atomic E-state index is 12.9. The van der Waals surface area contributed by atoms with Crippen LogP contribution in [0.2, 0.25) is 0 Å². The summed E-state index contributed by atoms with van der Waals surface area (Å²) < 4.78 is 16.7. The van der Waals surface area contributed by atoms with Crippen molar-refractivity contribution in [1.82, 2.24) is 0 Å². The minimum Gasteiger partial charge on any atom is -0.504 e. The van der Waals surface area contributed by atoms with E-state index in [1.54, 1.807) is 31.2 Å². The number of fused-ring (bicyclic) bond motifs is 3. The maximum atomic E-state index is 12.9. The van der Waals surface area contributed by atoms with Crippen molar-refractivity contribution >= 4 is 16.8 Å². The Labute approximate surface area is 161 Å². The smallest absolute Gasteiger partial charge is 0.336 e. The molecule has 0 spiro atoms. The van der Waals surface area contributed by atoms with Gasteiger partial charge in [-0.25, -0.2) is 4.79 Å². The molecule has 0 radical (unpaired) electrons. The lowest BCUT2D eigenvalue weighted by Gasteiger charge is -2.28. The topological polar surface area (TPSA) is 86.0 Å². The molecular formula is C22H20O6. The molecular weight excluding hydrogens is 360 g/mol. The first kappa shape index (κ1) is 18.1. The van der Waals surface area contributed by atoms with Crippen molar-refractivity contribution in [2.24, 2.45) is 0 Å². The Morgan fingerprint density at radius 1 is 1.21 bits per heavy atom. The molecule has 1 aliphatic heterocycles. The van der Waals surface area contributed by atoms with Crippen molar-refractivity contribution in [1.29, 1.82) is 0 Å². The normalized spacial score (nSPS) is 16.0. The largest absolute Gasteiger partial charge is 0.504 e. The molecule has 0 saturated carbocycles. The van der Waals surface area contributed by atoms with Crippen molar-refractivity contribution in [2.45, 2.75) is 32.8 Å². The summed E-state index contributed by atoms with van der Waals surface area (Å²) in [7, 11) is 1.47. The standard InChI is InChI=1S/C22H20O6/c1-4-12-9-19(25)27-18-7-11(2)20-15(24)10-17(28-22(20)21(12)18)13-5-6-16(26-3)14(23)8-13/h5-9,17,23H,4,10H2,1-3H3/t17-/m0/s1. The van der Waals surface area contributed by atoms with Gasteiger partial charge in [-0.05, 0) is 48.2 Å². The van der Waals surface area contributed by atoms with Crippen LogP contribution in [-0.4, -0.2) is 18.0 Å². The lowest BCUT2D eigenvalue weighted by molar-refractivity contribution is 0.0852. The highest BCUT2D eigenvalue weighted by Crippen LogP contribution is 2.43. The summed E-state index contributed by atoms with van der Waals surface area (Å²) in [5, 5.41) is 10.7. The molecule has 0 saturated heterocycles. The number of aromatic hydroxyl groups is 1. The number of ketones is 1.